The molecule has 1 amide bonds. The van der Waals surface area contributed by atoms with Crippen LogP contribution in [0, 0.1) is 0 Å². The zero-order valence-corrected chi connectivity index (χ0v) is 11.4. The second-order valence-corrected chi connectivity index (χ2v) is 5.54. The molecule has 20 heavy (non-hydrogen) atoms. The van der Waals surface area contributed by atoms with E-state index in [9.17, 15) is 4.79 Å². The van der Waals surface area contributed by atoms with Crippen LogP contribution in [-0.4, -0.2) is 30.4 Å². The predicted molar refractivity (Wildman–Crippen MR) is 75.1 cm³/mol. The molecule has 1 aliphatic carbocycles. The Balaban J connectivity index is 1.75. The molecule has 0 atom stereocenters. The third-order valence-corrected chi connectivity index (χ3v) is 4.31. The average molecular weight is 276 g/mol. The van der Waals surface area contributed by atoms with Crippen molar-refractivity contribution >= 4 is 11.6 Å². The van der Waals surface area contributed by atoms with Gasteiger partial charge in [0, 0.05) is 18.5 Å². The molecule has 0 unspecified atom stereocenters. The zero-order valence-electron chi connectivity index (χ0n) is 11.4. The Morgan fingerprint density at radius 3 is 2.20 bits per heavy atom. The predicted octanol–water partition coefficient (Wildman–Crippen LogP) is 1.64. The number of anilines is 1. The highest BCUT2D eigenvalue weighted by molar-refractivity contribution is 5.88. The quantitative estimate of drug-likeness (QED) is 0.880. The summed E-state index contributed by atoms with van der Waals surface area (Å²) in [4.78, 5) is 12.0. The molecule has 1 spiro atoms. The maximum Gasteiger partial charge on any atom is 0.243 e. The van der Waals surface area contributed by atoms with Gasteiger partial charge in [0.15, 0.2) is 5.79 Å². The van der Waals surface area contributed by atoms with E-state index in [1.165, 1.54) is 0 Å². The van der Waals surface area contributed by atoms with Gasteiger partial charge in [0.25, 0.3) is 0 Å². The SMILES string of the molecule is NC(=O)C1(Nc2ccccc2)CCC2(CC1)OCCO2. The van der Waals surface area contributed by atoms with Crippen molar-refractivity contribution in [3.63, 3.8) is 0 Å². The summed E-state index contributed by atoms with van der Waals surface area (Å²) in [5, 5.41) is 3.31. The number of carbonyl (C=O) groups excluding carboxylic acids is 1. The first-order valence-electron chi connectivity index (χ1n) is 7.05. The van der Waals surface area contributed by atoms with Crippen LogP contribution in [0.2, 0.25) is 0 Å². The molecule has 1 aliphatic heterocycles. The Bertz CT molecular complexity index is 473. The first-order valence-corrected chi connectivity index (χ1v) is 7.05. The number of amides is 1. The minimum Gasteiger partial charge on any atom is -0.371 e. The Morgan fingerprint density at radius 2 is 1.65 bits per heavy atom. The molecule has 1 aromatic rings. The Labute approximate surface area is 118 Å². The van der Waals surface area contributed by atoms with E-state index in [0.29, 0.717) is 38.9 Å². The number of carbonyl (C=O) groups is 1. The van der Waals surface area contributed by atoms with E-state index in [1.54, 1.807) is 0 Å². The van der Waals surface area contributed by atoms with Gasteiger partial charge in [0.2, 0.25) is 5.91 Å². The number of para-hydroxylation sites is 1. The van der Waals surface area contributed by atoms with Crippen LogP contribution >= 0.6 is 0 Å². The van der Waals surface area contributed by atoms with Crippen LogP contribution in [0.5, 0.6) is 0 Å². The molecule has 3 rings (SSSR count). The van der Waals surface area contributed by atoms with Crippen LogP contribution in [-0.2, 0) is 14.3 Å². The summed E-state index contributed by atoms with van der Waals surface area (Å²) >= 11 is 0. The number of hydrogen-bond acceptors (Lipinski definition) is 4. The minimum atomic E-state index is -0.706. The van der Waals surface area contributed by atoms with Crippen molar-refractivity contribution < 1.29 is 14.3 Å². The standard InChI is InChI=1S/C15H20N2O3/c16-13(18)14(17-12-4-2-1-3-5-12)6-8-15(9-7-14)19-10-11-20-15/h1-5,17H,6-11H2,(H2,16,18). The molecule has 0 radical (unpaired) electrons. The molecule has 108 valence electrons. The fourth-order valence-electron chi connectivity index (χ4n) is 3.07. The molecule has 0 aromatic heterocycles. The van der Waals surface area contributed by atoms with Crippen LogP contribution in [0.3, 0.4) is 0 Å². The third-order valence-electron chi connectivity index (χ3n) is 4.31. The smallest absolute Gasteiger partial charge is 0.243 e. The zero-order chi connectivity index (χ0) is 14.1. The Hall–Kier alpha value is -1.59. The fraction of sp³-hybridized carbons (Fsp3) is 0.533. The van der Waals surface area contributed by atoms with E-state index < -0.39 is 11.3 Å². The van der Waals surface area contributed by atoms with Crippen molar-refractivity contribution in [2.75, 3.05) is 18.5 Å². The van der Waals surface area contributed by atoms with Gasteiger partial charge in [-0.2, -0.15) is 0 Å². The molecule has 1 aromatic carbocycles. The lowest BCUT2D eigenvalue weighted by atomic mass is 9.78. The highest BCUT2D eigenvalue weighted by Gasteiger charge is 2.49. The number of benzene rings is 1. The molecule has 0 bridgehead atoms. The van der Waals surface area contributed by atoms with Gasteiger partial charge in [-0.25, -0.2) is 0 Å². The first kappa shape index (κ1) is 13.4. The lowest BCUT2D eigenvalue weighted by Crippen LogP contribution is -2.55. The van der Waals surface area contributed by atoms with Crippen LogP contribution < -0.4 is 11.1 Å². The number of ether oxygens (including phenoxy) is 2. The summed E-state index contributed by atoms with van der Waals surface area (Å²) in [5.74, 6) is -0.800. The molecule has 2 aliphatic rings. The molecule has 1 saturated carbocycles. The van der Waals surface area contributed by atoms with Crippen molar-refractivity contribution in [1.29, 1.82) is 0 Å². The van der Waals surface area contributed by atoms with Crippen LogP contribution in [0.4, 0.5) is 5.69 Å². The normalized spacial score (nSPS) is 23.6. The number of primary amides is 1. The number of rotatable bonds is 3. The van der Waals surface area contributed by atoms with Crippen molar-refractivity contribution in [1.82, 2.24) is 0 Å². The summed E-state index contributed by atoms with van der Waals surface area (Å²) in [6.07, 6.45) is 2.63. The van der Waals surface area contributed by atoms with E-state index in [1.807, 2.05) is 30.3 Å². The van der Waals surface area contributed by atoms with Gasteiger partial charge in [0.05, 0.1) is 13.2 Å². The molecule has 1 saturated heterocycles. The molecular weight excluding hydrogens is 256 g/mol. The highest BCUT2D eigenvalue weighted by Crippen LogP contribution is 2.41. The first-order chi connectivity index (χ1) is 9.64. The Morgan fingerprint density at radius 1 is 1.05 bits per heavy atom. The van der Waals surface area contributed by atoms with Gasteiger partial charge in [-0.3, -0.25) is 4.79 Å². The summed E-state index contributed by atoms with van der Waals surface area (Å²) in [6.45, 7) is 1.27. The van der Waals surface area contributed by atoms with Gasteiger partial charge >= 0.3 is 0 Å². The second-order valence-electron chi connectivity index (χ2n) is 5.54. The molecule has 2 fully saturated rings. The summed E-state index contributed by atoms with van der Waals surface area (Å²) in [7, 11) is 0. The molecule has 3 N–H and O–H groups in total. The van der Waals surface area contributed by atoms with Crippen molar-refractivity contribution in [2.24, 2.45) is 5.73 Å². The summed E-state index contributed by atoms with van der Waals surface area (Å²) in [5.41, 5.74) is 5.86. The van der Waals surface area contributed by atoms with E-state index >= 15 is 0 Å². The van der Waals surface area contributed by atoms with E-state index in [0.717, 1.165) is 5.69 Å². The highest BCUT2D eigenvalue weighted by atomic mass is 16.7. The minimum absolute atomic E-state index is 0.311. The summed E-state index contributed by atoms with van der Waals surface area (Å²) in [6, 6.07) is 9.70. The van der Waals surface area contributed by atoms with Crippen molar-refractivity contribution in [3.05, 3.63) is 30.3 Å². The monoisotopic (exact) mass is 276 g/mol. The van der Waals surface area contributed by atoms with Crippen molar-refractivity contribution in [2.45, 2.75) is 37.0 Å². The number of hydrogen-bond donors (Lipinski definition) is 2. The van der Waals surface area contributed by atoms with E-state index in [4.69, 9.17) is 15.2 Å². The number of nitrogens with two attached hydrogens (primary N) is 1. The third kappa shape index (κ3) is 2.39. The van der Waals surface area contributed by atoms with Crippen LogP contribution in [0.25, 0.3) is 0 Å². The lowest BCUT2D eigenvalue weighted by molar-refractivity contribution is -0.183. The fourth-order valence-corrected chi connectivity index (χ4v) is 3.07. The number of nitrogens with one attached hydrogen (secondary N) is 1. The van der Waals surface area contributed by atoms with Gasteiger partial charge in [0.1, 0.15) is 5.54 Å². The maximum absolute atomic E-state index is 12.0. The van der Waals surface area contributed by atoms with Crippen LogP contribution in [0.1, 0.15) is 25.7 Å². The van der Waals surface area contributed by atoms with E-state index in [2.05, 4.69) is 5.32 Å². The molecule has 1 heterocycles. The summed E-state index contributed by atoms with van der Waals surface area (Å²) < 4.78 is 11.4. The maximum atomic E-state index is 12.0. The van der Waals surface area contributed by atoms with Gasteiger partial charge in [-0.15, -0.1) is 0 Å². The second kappa shape index (κ2) is 5.07. The molecule has 5 heteroatoms. The largest absolute Gasteiger partial charge is 0.371 e. The molecule has 5 nitrogen and oxygen atoms in total. The van der Waals surface area contributed by atoms with Crippen LogP contribution in [0.15, 0.2) is 30.3 Å². The van der Waals surface area contributed by atoms with E-state index in [-0.39, 0.29) is 5.91 Å². The van der Waals surface area contributed by atoms with Crippen molar-refractivity contribution in [3.8, 4) is 0 Å². The Kier molecular flexibility index (Phi) is 3.40. The lowest BCUT2D eigenvalue weighted by Gasteiger charge is -2.42. The van der Waals surface area contributed by atoms with Gasteiger partial charge in [-0.05, 0) is 25.0 Å². The average Bonchev–Trinajstić information content (AvgIpc) is 2.91. The molecular formula is C15H20N2O3. The topological polar surface area (TPSA) is 73.6 Å². The van der Waals surface area contributed by atoms with Gasteiger partial charge in [-0.1, -0.05) is 18.2 Å². The van der Waals surface area contributed by atoms with Gasteiger partial charge < -0.3 is 20.5 Å².